The minimum absolute atomic E-state index is 0.120. The number of rotatable bonds is 6. The second-order valence-corrected chi connectivity index (χ2v) is 8.39. The summed E-state index contributed by atoms with van der Waals surface area (Å²) in [6, 6.07) is 16.4. The number of anilines is 1. The van der Waals surface area contributed by atoms with Gasteiger partial charge in [0, 0.05) is 46.7 Å². The predicted molar refractivity (Wildman–Crippen MR) is 132 cm³/mol. The third-order valence-corrected chi connectivity index (χ3v) is 5.95. The lowest BCUT2D eigenvalue weighted by atomic mass is 9.82. The lowest BCUT2D eigenvalue weighted by Crippen LogP contribution is -2.17. The van der Waals surface area contributed by atoms with Crippen LogP contribution in [-0.4, -0.2) is 27.2 Å². The maximum absolute atomic E-state index is 14.0. The van der Waals surface area contributed by atoms with Crippen molar-refractivity contribution in [3.63, 3.8) is 0 Å². The van der Waals surface area contributed by atoms with Gasteiger partial charge in [0.1, 0.15) is 5.82 Å². The molecule has 3 aromatic heterocycles. The number of benzene rings is 2. The Morgan fingerprint density at radius 3 is 2.82 bits per heavy atom. The molecule has 5 rings (SSSR count). The van der Waals surface area contributed by atoms with E-state index >= 15 is 0 Å². The molecule has 1 atom stereocenters. The third-order valence-electron chi connectivity index (χ3n) is 5.22. The number of aromatic nitrogens is 4. The molecule has 0 spiro atoms. The van der Waals surface area contributed by atoms with Crippen LogP contribution in [0.4, 0.5) is 9.52 Å². The van der Waals surface area contributed by atoms with E-state index in [4.69, 9.17) is 5.10 Å². The first kappa shape index (κ1) is 20.9. The Hall–Kier alpha value is -3.96. The largest absolute Gasteiger partial charge is 0.408 e. The summed E-state index contributed by atoms with van der Waals surface area (Å²) in [6.07, 6.45) is 7.97. The van der Waals surface area contributed by atoms with Gasteiger partial charge in [-0.3, -0.25) is 9.67 Å². The molecule has 0 fully saturated rings. The fourth-order valence-corrected chi connectivity index (χ4v) is 4.20. The molecule has 5 nitrogen and oxygen atoms in total. The molecule has 0 amide bonds. The molecular weight excluding hydrogens is 432 g/mol. The normalized spacial score (nSPS) is 11.5. The fourth-order valence-electron chi connectivity index (χ4n) is 3.65. The van der Waals surface area contributed by atoms with Crippen LogP contribution >= 0.6 is 11.3 Å². The van der Waals surface area contributed by atoms with E-state index in [0.717, 1.165) is 39.0 Å². The molecule has 0 aliphatic carbocycles. The number of pyridine rings is 1. The monoisotopic (exact) mass is 451 g/mol. The number of nitrogens with zero attached hydrogens (tertiary/aromatic N) is 4. The smallest absolute Gasteiger partial charge is 0.237 e. The molecule has 1 N–H and O–H groups in total. The molecule has 0 saturated heterocycles. The van der Waals surface area contributed by atoms with Crippen molar-refractivity contribution < 1.29 is 4.39 Å². The van der Waals surface area contributed by atoms with Gasteiger partial charge >= 0.3 is 0 Å². The standard InChI is InChI=1S/C25H19BFN5S/c27-22-5-1-4-20(14-22)24(15-26-30-25-29-11-12-33-25)32-17-21-9-8-18(13-23(21)31-32)6-7-19-3-2-10-28-16-19/h1-5,8-14,16-17,24,26H,15H2,(H,29,30). The Bertz CT molecular complexity index is 1420. The van der Waals surface area contributed by atoms with Crippen LogP contribution in [0.3, 0.4) is 0 Å². The van der Waals surface area contributed by atoms with Gasteiger partial charge in [-0.2, -0.15) is 5.10 Å². The van der Waals surface area contributed by atoms with Crippen molar-refractivity contribution in [1.29, 1.82) is 0 Å². The first-order valence-electron chi connectivity index (χ1n) is 10.5. The zero-order chi connectivity index (χ0) is 22.5. The summed E-state index contributed by atoms with van der Waals surface area (Å²) < 4.78 is 15.9. The molecule has 8 heteroatoms. The molecule has 5 aromatic rings. The van der Waals surface area contributed by atoms with Crippen LogP contribution in [0.5, 0.6) is 0 Å². The zero-order valence-corrected chi connectivity index (χ0v) is 18.5. The Morgan fingerprint density at radius 1 is 1.06 bits per heavy atom. The maximum atomic E-state index is 14.0. The van der Waals surface area contributed by atoms with Crippen molar-refractivity contribution in [2.24, 2.45) is 0 Å². The van der Waals surface area contributed by atoms with Gasteiger partial charge in [-0.25, -0.2) is 9.37 Å². The van der Waals surface area contributed by atoms with Gasteiger partial charge in [0.05, 0.1) is 11.6 Å². The van der Waals surface area contributed by atoms with Crippen molar-refractivity contribution in [2.75, 3.05) is 5.23 Å². The van der Waals surface area contributed by atoms with Crippen LogP contribution in [0.25, 0.3) is 10.9 Å². The van der Waals surface area contributed by atoms with Gasteiger partial charge in [0.2, 0.25) is 7.41 Å². The highest BCUT2D eigenvalue weighted by molar-refractivity contribution is 7.14. The zero-order valence-electron chi connectivity index (χ0n) is 17.6. The second-order valence-electron chi connectivity index (χ2n) is 7.50. The van der Waals surface area contributed by atoms with Gasteiger partial charge in [0.15, 0.2) is 5.13 Å². The van der Waals surface area contributed by atoms with Crippen LogP contribution in [0, 0.1) is 17.7 Å². The molecule has 0 saturated carbocycles. The van der Waals surface area contributed by atoms with E-state index in [9.17, 15) is 4.39 Å². The van der Waals surface area contributed by atoms with Crippen molar-refractivity contribution in [3.8, 4) is 11.8 Å². The van der Waals surface area contributed by atoms with E-state index in [1.807, 2.05) is 52.7 Å². The van der Waals surface area contributed by atoms with Crippen LogP contribution in [0.2, 0.25) is 6.32 Å². The minimum Gasteiger partial charge on any atom is -0.408 e. The maximum Gasteiger partial charge on any atom is 0.237 e. The van der Waals surface area contributed by atoms with Gasteiger partial charge in [0.25, 0.3) is 0 Å². The summed E-state index contributed by atoms with van der Waals surface area (Å²) in [5.74, 6) is 6.05. The van der Waals surface area contributed by atoms with Crippen molar-refractivity contribution >= 4 is 34.8 Å². The highest BCUT2D eigenvalue weighted by atomic mass is 32.1. The summed E-state index contributed by atoms with van der Waals surface area (Å²) in [5.41, 5.74) is 3.47. The molecule has 1 unspecified atom stereocenters. The Kier molecular flexibility index (Phi) is 6.13. The summed E-state index contributed by atoms with van der Waals surface area (Å²) in [4.78, 5) is 8.36. The van der Waals surface area contributed by atoms with E-state index in [1.54, 1.807) is 42.1 Å². The third kappa shape index (κ3) is 5.11. The Labute approximate surface area is 195 Å². The Balaban J connectivity index is 1.43. The van der Waals surface area contributed by atoms with Gasteiger partial charge in [-0.1, -0.05) is 24.0 Å². The summed E-state index contributed by atoms with van der Waals surface area (Å²) >= 11 is 1.56. The molecule has 160 valence electrons. The average Bonchev–Trinajstić information content (AvgIpc) is 3.50. The van der Waals surface area contributed by atoms with Gasteiger partial charge in [-0.15, -0.1) is 11.3 Å². The summed E-state index contributed by atoms with van der Waals surface area (Å²) in [5, 5.41) is 12.0. The Morgan fingerprint density at radius 2 is 2.00 bits per heavy atom. The van der Waals surface area contributed by atoms with E-state index in [0.29, 0.717) is 7.41 Å². The van der Waals surface area contributed by atoms with Gasteiger partial charge in [-0.05, 0) is 54.3 Å². The summed E-state index contributed by atoms with van der Waals surface area (Å²) in [6.45, 7) is 0. The van der Waals surface area contributed by atoms with Crippen molar-refractivity contribution in [2.45, 2.75) is 12.4 Å². The topological polar surface area (TPSA) is 55.6 Å². The number of hydrogen-bond acceptors (Lipinski definition) is 5. The predicted octanol–water partition coefficient (Wildman–Crippen LogP) is 4.90. The fraction of sp³-hybridized carbons (Fsp3) is 0.0800. The number of nitrogens with one attached hydrogen (secondary N) is 1. The van der Waals surface area contributed by atoms with Crippen molar-refractivity contribution in [3.05, 3.63) is 107 Å². The molecule has 2 aromatic carbocycles. The van der Waals surface area contributed by atoms with Crippen LogP contribution in [-0.2, 0) is 0 Å². The van der Waals surface area contributed by atoms with E-state index in [1.165, 1.54) is 6.07 Å². The molecule has 3 heterocycles. The number of thiazole rings is 1. The molecule has 33 heavy (non-hydrogen) atoms. The lowest BCUT2D eigenvalue weighted by Gasteiger charge is -2.18. The SMILES string of the molecule is Fc1cccc(C(CBNc2nccs2)n2cc3ccc(C#Cc4cccnc4)cc3n2)c1. The number of halogens is 1. The minimum atomic E-state index is -0.255. The molecule has 0 aliphatic rings. The first-order chi connectivity index (χ1) is 16.2. The highest BCUT2D eigenvalue weighted by Gasteiger charge is 2.17. The van der Waals surface area contributed by atoms with Gasteiger partial charge < -0.3 is 5.23 Å². The lowest BCUT2D eigenvalue weighted by molar-refractivity contribution is 0.559. The van der Waals surface area contributed by atoms with Crippen molar-refractivity contribution in [1.82, 2.24) is 19.7 Å². The van der Waals surface area contributed by atoms with Crippen LogP contribution in [0.1, 0.15) is 22.7 Å². The number of fused-ring (bicyclic) bond motifs is 1. The summed E-state index contributed by atoms with van der Waals surface area (Å²) in [7, 11) is 0.687. The molecule has 0 bridgehead atoms. The van der Waals surface area contributed by atoms with Crippen LogP contribution < -0.4 is 5.23 Å². The van der Waals surface area contributed by atoms with E-state index in [2.05, 4.69) is 27.0 Å². The first-order valence-corrected chi connectivity index (χ1v) is 11.4. The quantitative estimate of drug-likeness (QED) is 0.295. The highest BCUT2D eigenvalue weighted by Crippen LogP contribution is 2.26. The average molecular weight is 451 g/mol. The number of hydrogen-bond donors (Lipinski definition) is 1. The molecular formula is C25H19BFN5S. The molecule has 0 radical (unpaired) electrons. The second kappa shape index (κ2) is 9.68. The molecule has 0 aliphatic heterocycles. The van der Waals surface area contributed by atoms with E-state index < -0.39 is 0 Å². The van der Waals surface area contributed by atoms with E-state index in [-0.39, 0.29) is 11.9 Å². The van der Waals surface area contributed by atoms with Crippen LogP contribution in [0.15, 0.2) is 84.8 Å².